The number of rotatable bonds is 0. The van der Waals surface area contributed by atoms with Crippen LogP contribution in [0, 0.1) is 17.8 Å². The fourth-order valence-corrected chi connectivity index (χ4v) is 2.35. The van der Waals surface area contributed by atoms with E-state index >= 15 is 0 Å². The molecule has 2 bridgehead atoms. The zero-order chi connectivity index (χ0) is 7.35. The van der Waals surface area contributed by atoms with Gasteiger partial charge in [-0.15, -0.1) is 0 Å². The Morgan fingerprint density at radius 1 is 1.30 bits per heavy atom. The number of halogens is 2. The highest BCUT2D eigenvalue weighted by atomic mass is 19.3. The van der Waals surface area contributed by atoms with E-state index in [-0.39, 0.29) is 17.8 Å². The maximum atomic E-state index is 12.9. The lowest BCUT2D eigenvalue weighted by Gasteiger charge is -2.52. The maximum absolute atomic E-state index is 12.9. The second-order valence-corrected chi connectivity index (χ2v) is 3.77. The van der Waals surface area contributed by atoms with Crippen LogP contribution in [-0.4, -0.2) is 5.92 Å². The summed E-state index contributed by atoms with van der Waals surface area (Å²) in [5, 5.41) is 0. The molecule has 3 saturated carbocycles. The molecule has 3 fully saturated rings. The molecule has 3 unspecified atom stereocenters. The molecule has 0 spiro atoms. The predicted octanol–water partition coefficient (Wildman–Crippen LogP) is 2.69. The van der Waals surface area contributed by atoms with Crippen LogP contribution < -0.4 is 0 Å². The van der Waals surface area contributed by atoms with Crippen LogP contribution in [0.1, 0.15) is 26.2 Å². The molecule has 0 aromatic rings. The van der Waals surface area contributed by atoms with Gasteiger partial charge in [0.25, 0.3) is 5.92 Å². The van der Waals surface area contributed by atoms with E-state index in [4.69, 9.17) is 0 Å². The van der Waals surface area contributed by atoms with Crippen LogP contribution in [0.4, 0.5) is 8.78 Å². The highest BCUT2D eigenvalue weighted by molar-refractivity contribution is 5.02. The quantitative estimate of drug-likeness (QED) is 0.493. The lowest BCUT2D eigenvalue weighted by atomic mass is 9.57. The zero-order valence-electron chi connectivity index (χ0n) is 6.11. The predicted molar refractivity (Wildman–Crippen MR) is 34.9 cm³/mol. The Balaban J connectivity index is 2.16. The molecule has 0 N–H and O–H groups in total. The SMILES string of the molecule is CC1CCC2CC1C2(F)F. The minimum absolute atomic E-state index is 0.256. The van der Waals surface area contributed by atoms with Gasteiger partial charge >= 0.3 is 0 Å². The highest BCUT2D eigenvalue weighted by Crippen LogP contribution is 2.58. The smallest absolute Gasteiger partial charge is 0.206 e. The summed E-state index contributed by atoms with van der Waals surface area (Å²) in [6, 6.07) is 0. The van der Waals surface area contributed by atoms with Gasteiger partial charge in [-0.2, -0.15) is 0 Å². The first-order valence-corrected chi connectivity index (χ1v) is 4.00. The van der Waals surface area contributed by atoms with Gasteiger partial charge in [-0.25, -0.2) is 8.78 Å². The molecule has 3 aliphatic carbocycles. The average molecular weight is 146 g/mol. The van der Waals surface area contributed by atoms with Crippen molar-refractivity contribution in [2.24, 2.45) is 17.8 Å². The summed E-state index contributed by atoms with van der Waals surface area (Å²) in [4.78, 5) is 0. The molecular formula is C8H12F2. The van der Waals surface area contributed by atoms with E-state index < -0.39 is 5.92 Å². The van der Waals surface area contributed by atoms with Crippen LogP contribution in [0.25, 0.3) is 0 Å². The third-order valence-corrected chi connectivity index (χ3v) is 3.23. The van der Waals surface area contributed by atoms with Crippen molar-refractivity contribution in [2.45, 2.75) is 32.1 Å². The first-order chi connectivity index (χ1) is 4.62. The van der Waals surface area contributed by atoms with Crippen molar-refractivity contribution in [2.75, 3.05) is 0 Å². The van der Waals surface area contributed by atoms with E-state index in [1.807, 2.05) is 6.92 Å². The fraction of sp³-hybridized carbons (Fsp3) is 1.00. The average Bonchev–Trinajstić information content (AvgIpc) is 1.87. The number of fused-ring (bicyclic) bond motifs is 2. The Morgan fingerprint density at radius 3 is 2.30 bits per heavy atom. The Kier molecular flexibility index (Phi) is 1.13. The normalized spacial score (nSPS) is 50.1. The van der Waals surface area contributed by atoms with Gasteiger partial charge in [0.05, 0.1) is 0 Å². The maximum Gasteiger partial charge on any atom is 0.253 e. The van der Waals surface area contributed by atoms with Crippen molar-refractivity contribution >= 4 is 0 Å². The number of alkyl halides is 2. The molecule has 0 heterocycles. The molecule has 0 nitrogen and oxygen atoms in total. The van der Waals surface area contributed by atoms with E-state index in [0.29, 0.717) is 0 Å². The zero-order valence-corrected chi connectivity index (χ0v) is 6.11. The monoisotopic (exact) mass is 146 g/mol. The summed E-state index contributed by atoms with van der Waals surface area (Å²) in [6.45, 7) is 1.95. The molecule has 0 radical (unpaired) electrons. The summed E-state index contributed by atoms with van der Waals surface area (Å²) in [6.07, 6.45) is 2.56. The van der Waals surface area contributed by atoms with Gasteiger partial charge in [0.2, 0.25) is 0 Å². The first kappa shape index (κ1) is 6.56. The Morgan fingerprint density at radius 2 is 2.00 bits per heavy atom. The summed E-state index contributed by atoms with van der Waals surface area (Å²) < 4.78 is 25.8. The summed E-state index contributed by atoms with van der Waals surface area (Å²) in [5.41, 5.74) is 0. The van der Waals surface area contributed by atoms with E-state index in [9.17, 15) is 8.78 Å². The second-order valence-electron chi connectivity index (χ2n) is 3.77. The topological polar surface area (TPSA) is 0 Å². The highest BCUT2D eigenvalue weighted by Gasteiger charge is 2.61. The molecule has 10 heavy (non-hydrogen) atoms. The number of hydrogen-bond acceptors (Lipinski definition) is 0. The van der Waals surface area contributed by atoms with E-state index in [1.165, 1.54) is 0 Å². The summed E-state index contributed by atoms with van der Waals surface area (Å²) >= 11 is 0. The van der Waals surface area contributed by atoms with Crippen LogP contribution in [0.2, 0.25) is 0 Å². The van der Waals surface area contributed by atoms with Crippen molar-refractivity contribution in [1.29, 1.82) is 0 Å². The van der Waals surface area contributed by atoms with Crippen LogP contribution in [0.3, 0.4) is 0 Å². The third kappa shape index (κ3) is 0.599. The van der Waals surface area contributed by atoms with Crippen LogP contribution in [0.5, 0.6) is 0 Å². The second kappa shape index (κ2) is 1.72. The van der Waals surface area contributed by atoms with Gasteiger partial charge in [0.1, 0.15) is 0 Å². The Hall–Kier alpha value is -0.140. The molecule has 0 aromatic carbocycles. The Bertz CT molecular complexity index is 151. The third-order valence-electron chi connectivity index (χ3n) is 3.23. The molecule has 3 atom stereocenters. The molecule has 3 rings (SSSR count). The molecular weight excluding hydrogens is 134 g/mol. The lowest BCUT2D eigenvalue weighted by molar-refractivity contribution is -0.229. The van der Waals surface area contributed by atoms with Crippen LogP contribution in [-0.2, 0) is 0 Å². The van der Waals surface area contributed by atoms with E-state index in [2.05, 4.69) is 0 Å². The Labute approximate surface area is 59.6 Å². The van der Waals surface area contributed by atoms with Crippen LogP contribution >= 0.6 is 0 Å². The fourth-order valence-electron chi connectivity index (χ4n) is 2.35. The molecule has 58 valence electrons. The van der Waals surface area contributed by atoms with Gasteiger partial charge < -0.3 is 0 Å². The van der Waals surface area contributed by atoms with Gasteiger partial charge in [-0.3, -0.25) is 0 Å². The van der Waals surface area contributed by atoms with Crippen LogP contribution in [0.15, 0.2) is 0 Å². The van der Waals surface area contributed by atoms with E-state index in [1.54, 1.807) is 0 Å². The molecule has 0 aliphatic heterocycles. The minimum Gasteiger partial charge on any atom is -0.206 e. The van der Waals surface area contributed by atoms with Gasteiger partial charge in [-0.05, 0) is 25.2 Å². The van der Waals surface area contributed by atoms with Gasteiger partial charge in [0.15, 0.2) is 0 Å². The van der Waals surface area contributed by atoms with Crippen molar-refractivity contribution in [3.8, 4) is 0 Å². The van der Waals surface area contributed by atoms with Crippen molar-refractivity contribution in [3.05, 3.63) is 0 Å². The van der Waals surface area contributed by atoms with Gasteiger partial charge in [-0.1, -0.05) is 6.92 Å². The molecule has 0 aromatic heterocycles. The van der Waals surface area contributed by atoms with E-state index in [0.717, 1.165) is 19.3 Å². The van der Waals surface area contributed by atoms with Crippen molar-refractivity contribution < 1.29 is 8.78 Å². The molecule has 0 saturated heterocycles. The lowest BCUT2D eigenvalue weighted by Crippen LogP contribution is -2.54. The summed E-state index contributed by atoms with van der Waals surface area (Å²) in [5.74, 6) is -2.56. The summed E-state index contributed by atoms with van der Waals surface area (Å²) in [7, 11) is 0. The molecule has 3 aliphatic rings. The van der Waals surface area contributed by atoms with Crippen molar-refractivity contribution in [1.82, 2.24) is 0 Å². The number of hydrogen-bond donors (Lipinski definition) is 0. The van der Waals surface area contributed by atoms with Crippen molar-refractivity contribution in [3.63, 3.8) is 0 Å². The van der Waals surface area contributed by atoms with Gasteiger partial charge in [0, 0.05) is 11.8 Å². The minimum atomic E-state index is -2.29. The molecule has 0 amide bonds. The first-order valence-electron chi connectivity index (χ1n) is 4.00. The standard InChI is InChI=1S/C8H12F2/c1-5-2-3-6-4-7(5)8(6,9)10/h5-7H,2-4H2,1H3. The largest absolute Gasteiger partial charge is 0.253 e. The molecule has 2 heteroatoms.